The minimum absolute atomic E-state index is 0.0650. The number of anilines is 1. The summed E-state index contributed by atoms with van der Waals surface area (Å²) in [5, 5.41) is 11.4. The second-order valence-corrected chi connectivity index (χ2v) is 4.85. The van der Waals surface area contributed by atoms with Crippen LogP contribution < -0.4 is 11.1 Å². The first-order chi connectivity index (χ1) is 8.90. The molecule has 19 heavy (non-hydrogen) atoms. The zero-order valence-electron chi connectivity index (χ0n) is 11.2. The van der Waals surface area contributed by atoms with Crippen LogP contribution in [0.25, 0.3) is 0 Å². The average molecular weight is 264 g/mol. The molecule has 0 fully saturated rings. The molecule has 0 saturated carbocycles. The highest BCUT2D eigenvalue weighted by Crippen LogP contribution is 2.13. The molecule has 1 amide bonds. The van der Waals surface area contributed by atoms with Gasteiger partial charge >= 0.3 is 5.97 Å². The Labute approximate surface area is 112 Å². The van der Waals surface area contributed by atoms with Crippen LogP contribution in [0.15, 0.2) is 24.3 Å². The van der Waals surface area contributed by atoms with Gasteiger partial charge in [-0.05, 0) is 30.0 Å². The first-order valence-electron chi connectivity index (χ1n) is 6.27. The summed E-state index contributed by atoms with van der Waals surface area (Å²) in [4.78, 5) is 22.3. The monoisotopic (exact) mass is 264 g/mol. The Morgan fingerprint density at radius 1 is 1.37 bits per heavy atom. The van der Waals surface area contributed by atoms with Crippen LogP contribution in [0.3, 0.4) is 0 Å². The van der Waals surface area contributed by atoms with Crippen molar-refractivity contribution in [2.24, 2.45) is 11.7 Å². The van der Waals surface area contributed by atoms with Crippen LogP contribution in [-0.2, 0) is 16.0 Å². The Hall–Kier alpha value is -1.88. The number of aryl methyl sites for hydroxylation is 1. The Bertz CT molecular complexity index is 458. The fourth-order valence-corrected chi connectivity index (χ4v) is 1.58. The van der Waals surface area contributed by atoms with E-state index in [9.17, 15) is 9.59 Å². The van der Waals surface area contributed by atoms with Gasteiger partial charge in [0.25, 0.3) is 0 Å². The van der Waals surface area contributed by atoms with Crippen molar-refractivity contribution >= 4 is 17.6 Å². The quantitative estimate of drug-likeness (QED) is 0.728. The van der Waals surface area contributed by atoms with Gasteiger partial charge in [-0.1, -0.05) is 26.0 Å². The zero-order chi connectivity index (χ0) is 14.4. The lowest BCUT2D eigenvalue weighted by atomic mass is 10.0. The third-order valence-electron chi connectivity index (χ3n) is 2.84. The van der Waals surface area contributed by atoms with Gasteiger partial charge < -0.3 is 16.2 Å². The molecule has 4 N–H and O–H groups in total. The molecule has 1 aromatic rings. The van der Waals surface area contributed by atoms with Gasteiger partial charge in [0.15, 0.2) is 0 Å². The number of carbonyl (C=O) groups excluding carboxylic acids is 1. The van der Waals surface area contributed by atoms with E-state index in [1.54, 1.807) is 18.2 Å². The number of nitrogens with one attached hydrogen (secondary N) is 1. The van der Waals surface area contributed by atoms with Crippen molar-refractivity contribution in [3.8, 4) is 0 Å². The molecule has 1 unspecified atom stereocenters. The summed E-state index contributed by atoms with van der Waals surface area (Å²) in [6.07, 6.45) is 0.512. The summed E-state index contributed by atoms with van der Waals surface area (Å²) in [6.45, 7) is 3.76. The van der Waals surface area contributed by atoms with E-state index in [2.05, 4.69) is 5.32 Å². The van der Waals surface area contributed by atoms with Gasteiger partial charge in [-0.15, -0.1) is 0 Å². The smallest absolute Gasteiger partial charge is 0.303 e. The van der Waals surface area contributed by atoms with Crippen molar-refractivity contribution in [2.45, 2.75) is 32.7 Å². The fourth-order valence-electron chi connectivity index (χ4n) is 1.58. The van der Waals surface area contributed by atoms with E-state index in [0.29, 0.717) is 12.1 Å². The van der Waals surface area contributed by atoms with E-state index < -0.39 is 12.0 Å². The number of aliphatic carboxylic acids is 1. The maximum Gasteiger partial charge on any atom is 0.303 e. The third-order valence-corrected chi connectivity index (χ3v) is 2.84. The Morgan fingerprint density at radius 3 is 2.63 bits per heavy atom. The van der Waals surface area contributed by atoms with Crippen LogP contribution in [0, 0.1) is 5.92 Å². The highest BCUT2D eigenvalue weighted by atomic mass is 16.4. The highest BCUT2D eigenvalue weighted by Gasteiger charge is 2.17. The summed E-state index contributed by atoms with van der Waals surface area (Å²) in [6, 6.07) is 6.60. The van der Waals surface area contributed by atoms with E-state index in [-0.39, 0.29) is 18.2 Å². The van der Waals surface area contributed by atoms with Gasteiger partial charge in [-0.25, -0.2) is 0 Å². The van der Waals surface area contributed by atoms with Gasteiger partial charge in [-0.3, -0.25) is 9.59 Å². The summed E-state index contributed by atoms with van der Waals surface area (Å²) in [7, 11) is 0. The van der Waals surface area contributed by atoms with Crippen molar-refractivity contribution in [2.75, 3.05) is 5.32 Å². The molecule has 1 rings (SSSR count). The van der Waals surface area contributed by atoms with Crippen LogP contribution in [0.5, 0.6) is 0 Å². The molecule has 0 aliphatic carbocycles. The van der Waals surface area contributed by atoms with E-state index in [4.69, 9.17) is 10.8 Å². The number of carboxylic acids is 1. The topological polar surface area (TPSA) is 92.4 Å². The van der Waals surface area contributed by atoms with Crippen LogP contribution in [0.2, 0.25) is 0 Å². The molecular weight excluding hydrogens is 244 g/mol. The van der Waals surface area contributed by atoms with Gasteiger partial charge in [0.2, 0.25) is 5.91 Å². The molecule has 0 heterocycles. The first-order valence-corrected chi connectivity index (χ1v) is 6.27. The predicted octanol–water partition coefficient (Wildman–Crippen LogP) is 1.63. The molecule has 0 aliphatic rings. The first kappa shape index (κ1) is 15.2. The lowest BCUT2D eigenvalue weighted by molar-refractivity contribution is -0.137. The summed E-state index contributed by atoms with van der Waals surface area (Å²) >= 11 is 0. The van der Waals surface area contributed by atoms with Gasteiger partial charge in [0.05, 0.1) is 6.04 Å². The molecule has 5 nitrogen and oxygen atoms in total. The maximum atomic E-state index is 11.8. The van der Waals surface area contributed by atoms with Crippen LogP contribution >= 0.6 is 0 Å². The van der Waals surface area contributed by atoms with E-state index in [0.717, 1.165) is 5.56 Å². The summed E-state index contributed by atoms with van der Waals surface area (Å²) in [5.74, 6) is -1.00. The van der Waals surface area contributed by atoms with Gasteiger partial charge in [-0.2, -0.15) is 0 Å². The number of hydrogen-bond acceptors (Lipinski definition) is 3. The number of amides is 1. The molecule has 0 saturated heterocycles. The molecule has 1 aromatic carbocycles. The standard InChI is InChI=1S/C14H20N2O3/c1-9(2)13(15)14(19)16-11-5-3-4-10(8-11)6-7-12(17)18/h3-5,8-9,13H,6-7,15H2,1-2H3,(H,16,19)(H,17,18). The lowest BCUT2D eigenvalue weighted by Crippen LogP contribution is -2.39. The van der Waals surface area contributed by atoms with Crippen LogP contribution in [0.1, 0.15) is 25.8 Å². The number of nitrogens with two attached hydrogens (primary N) is 1. The normalized spacial score (nSPS) is 12.2. The second-order valence-electron chi connectivity index (χ2n) is 4.85. The van der Waals surface area contributed by atoms with E-state index >= 15 is 0 Å². The SMILES string of the molecule is CC(C)C(N)C(=O)Nc1cccc(CCC(=O)O)c1. The number of rotatable bonds is 6. The number of hydrogen-bond donors (Lipinski definition) is 3. The lowest BCUT2D eigenvalue weighted by Gasteiger charge is -2.15. The maximum absolute atomic E-state index is 11.8. The minimum Gasteiger partial charge on any atom is -0.481 e. The molecule has 0 spiro atoms. The summed E-state index contributed by atoms with van der Waals surface area (Å²) in [5.41, 5.74) is 7.27. The number of benzene rings is 1. The second kappa shape index (κ2) is 6.89. The molecule has 0 bridgehead atoms. The third kappa shape index (κ3) is 5.09. The van der Waals surface area contributed by atoms with Crippen molar-refractivity contribution in [1.82, 2.24) is 0 Å². The zero-order valence-corrected chi connectivity index (χ0v) is 11.2. The highest BCUT2D eigenvalue weighted by molar-refractivity contribution is 5.94. The molecular formula is C14H20N2O3. The molecule has 0 aromatic heterocycles. The van der Waals surface area contributed by atoms with Crippen molar-refractivity contribution in [1.29, 1.82) is 0 Å². The van der Waals surface area contributed by atoms with Crippen LogP contribution in [-0.4, -0.2) is 23.0 Å². The largest absolute Gasteiger partial charge is 0.481 e. The fraction of sp³-hybridized carbons (Fsp3) is 0.429. The number of carbonyl (C=O) groups is 2. The van der Waals surface area contributed by atoms with Gasteiger partial charge in [0.1, 0.15) is 0 Å². The Kier molecular flexibility index (Phi) is 5.51. The summed E-state index contributed by atoms with van der Waals surface area (Å²) < 4.78 is 0. The predicted molar refractivity (Wildman–Crippen MR) is 73.8 cm³/mol. The van der Waals surface area contributed by atoms with Crippen LogP contribution in [0.4, 0.5) is 5.69 Å². The average Bonchev–Trinajstić information content (AvgIpc) is 2.35. The minimum atomic E-state index is -0.837. The Balaban J connectivity index is 2.66. The number of carboxylic acid groups (broad SMARTS) is 1. The molecule has 0 radical (unpaired) electrons. The molecule has 1 atom stereocenters. The van der Waals surface area contributed by atoms with E-state index in [1.807, 2.05) is 19.9 Å². The van der Waals surface area contributed by atoms with Gasteiger partial charge in [0, 0.05) is 12.1 Å². The molecule has 5 heteroatoms. The molecule has 104 valence electrons. The van der Waals surface area contributed by atoms with E-state index in [1.165, 1.54) is 0 Å². The van der Waals surface area contributed by atoms with Crippen molar-refractivity contribution in [3.63, 3.8) is 0 Å². The molecule has 0 aliphatic heterocycles. The van der Waals surface area contributed by atoms with Crippen molar-refractivity contribution < 1.29 is 14.7 Å². The Morgan fingerprint density at radius 2 is 2.05 bits per heavy atom. The van der Waals surface area contributed by atoms with Crippen molar-refractivity contribution in [3.05, 3.63) is 29.8 Å².